The maximum Gasteiger partial charge on any atom is 0.472 e. The molecule has 0 aliphatic carbocycles. The number of allylic oxidation sites excluding steroid dienone is 4. The average Bonchev–Trinajstić information content (AvgIpc) is 3.21. The Morgan fingerprint density at radius 3 is 1.33 bits per heavy atom. The summed E-state index contributed by atoms with van der Waals surface area (Å²) in [4.78, 5) is 35.0. The first-order chi connectivity index (χ1) is 28.2. The number of carbonyl (C=O) groups is 2. The molecule has 11 heteroatoms. The molecule has 0 aliphatic rings. The van der Waals surface area contributed by atoms with E-state index in [1.54, 1.807) is 0 Å². The van der Waals surface area contributed by atoms with Gasteiger partial charge in [0, 0.05) is 12.8 Å². The second-order valence-corrected chi connectivity index (χ2v) is 17.6. The molecule has 0 aromatic carbocycles. The summed E-state index contributed by atoms with van der Waals surface area (Å²) in [6, 6.07) is 0. The largest absolute Gasteiger partial charge is 0.472 e. The fourth-order valence-electron chi connectivity index (χ4n) is 6.64. The molecule has 0 aliphatic heterocycles. The first kappa shape index (κ1) is 56.5. The summed E-state index contributed by atoms with van der Waals surface area (Å²) in [6.45, 7) is 2.34. The van der Waals surface area contributed by atoms with Crippen LogP contribution in [0.4, 0.5) is 0 Å². The summed E-state index contributed by atoms with van der Waals surface area (Å²) in [5.41, 5.74) is 0. The molecule has 0 radical (unpaired) electrons. The quantitative estimate of drug-likeness (QED) is 0.0234. The van der Waals surface area contributed by atoms with Crippen LogP contribution in [0, 0.1) is 0 Å². The maximum atomic E-state index is 12.6. The van der Waals surface area contributed by atoms with Gasteiger partial charge in [0.2, 0.25) is 0 Å². The van der Waals surface area contributed by atoms with Crippen LogP contribution in [-0.4, -0.2) is 65.7 Å². The molecule has 342 valence electrons. The number of rotatable bonds is 45. The first-order valence-electron chi connectivity index (χ1n) is 23.8. The Balaban J connectivity index is 4.18. The van der Waals surface area contributed by atoms with Crippen molar-refractivity contribution in [3.63, 3.8) is 0 Å². The normalized spacial score (nSPS) is 13.9. The van der Waals surface area contributed by atoms with Crippen LogP contribution >= 0.6 is 7.82 Å². The lowest BCUT2D eigenvalue weighted by molar-refractivity contribution is -0.161. The van der Waals surface area contributed by atoms with Crippen molar-refractivity contribution in [2.75, 3.05) is 26.4 Å². The van der Waals surface area contributed by atoms with Crippen LogP contribution in [-0.2, 0) is 32.7 Å². The van der Waals surface area contributed by atoms with Crippen LogP contribution in [0.3, 0.4) is 0 Å². The summed E-state index contributed by atoms with van der Waals surface area (Å²) >= 11 is 0. The molecule has 0 spiro atoms. The van der Waals surface area contributed by atoms with E-state index in [1.165, 1.54) is 135 Å². The number of phosphoric ester groups is 1. The number of aliphatic hydroxyl groups is 2. The highest BCUT2D eigenvalue weighted by atomic mass is 31.2. The van der Waals surface area contributed by atoms with E-state index < -0.39 is 51.8 Å². The van der Waals surface area contributed by atoms with Gasteiger partial charge in [0.15, 0.2) is 6.10 Å². The minimum Gasteiger partial charge on any atom is -0.462 e. The average molecular weight is 845 g/mol. The van der Waals surface area contributed by atoms with E-state index in [1.807, 2.05) is 0 Å². The van der Waals surface area contributed by atoms with Crippen molar-refractivity contribution in [3.05, 3.63) is 24.3 Å². The Morgan fingerprint density at radius 1 is 0.500 bits per heavy atom. The predicted molar refractivity (Wildman–Crippen MR) is 238 cm³/mol. The first-order valence-corrected chi connectivity index (χ1v) is 25.3. The summed E-state index contributed by atoms with van der Waals surface area (Å²) < 4.78 is 32.7. The van der Waals surface area contributed by atoms with Gasteiger partial charge >= 0.3 is 19.8 Å². The van der Waals surface area contributed by atoms with Crippen molar-refractivity contribution in [1.82, 2.24) is 0 Å². The molecule has 0 rings (SSSR count). The standard InChI is InChI=1S/C47H89O10P/c1-3-5-7-9-11-13-15-17-18-19-20-21-22-23-24-25-26-27-29-31-33-35-37-39-47(51)57-45(43-56-58(52,53)55-41-44(49)40-48)42-54-46(50)38-36-34-32-30-28-16-14-12-10-8-6-4-2/h12,14,31,33,44-45,48-49H,3-11,13,15-30,32,34-43H2,1-2H3,(H,52,53)/b14-12+,33-31+/t44-,45+/m0/s1. The Morgan fingerprint density at radius 2 is 0.862 bits per heavy atom. The van der Waals surface area contributed by atoms with Gasteiger partial charge in [-0.15, -0.1) is 0 Å². The topological polar surface area (TPSA) is 149 Å². The molecular weight excluding hydrogens is 755 g/mol. The highest BCUT2D eigenvalue weighted by Crippen LogP contribution is 2.43. The van der Waals surface area contributed by atoms with Crippen LogP contribution in [0.15, 0.2) is 24.3 Å². The lowest BCUT2D eigenvalue weighted by atomic mass is 10.0. The van der Waals surface area contributed by atoms with Crippen molar-refractivity contribution >= 4 is 19.8 Å². The van der Waals surface area contributed by atoms with Crippen LogP contribution in [0.25, 0.3) is 0 Å². The summed E-state index contributed by atoms with van der Waals surface area (Å²) in [5.74, 6) is -0.966. The summed E-state index contributed by atoms with van der Waals surface area (Å²) in [7, 11) is -4.62. The van der Waals surface area contributed by atoms with Gasteiger partial charge in [0.1, 0.15) is 12.7 Å². The highest BCUT2D eigenvalue weighted by Gasteiger charge is 2.27. The fraction of sp³-hybridized carbons (Fsp3) is 0.872. The molecule has 1 unspecified atom stereocenters. The second kappa shape index (κ2) is 43.5. The fourth-order valence-corrected chi connectivity index (χ4v) is 7.43. The molecular formula is C47H89O10P. The van der Waals surface area contributed by atoms with Crippen LogP contribution in [0.1, 0.15) is 226 Å². The zero-order valence-corrected chi connectivity index (χ0v) is 38.2. The molecule has 0 saturated heterocycles. The molecule has 0 saturated carbocycles. The van der Waals surface area contributed by atoms with E-state index in [9.17, 15) is 24.2 Å². The van der Waals surface area contributed by atoms with Gasteiger partial charge in [-0.2, -0.15) is 0 Å². The van der Waals surface area contributed by atoms with Gasteiger partial charge in [0.05, 0.1) is 19.8 Å². The number of ether oxygens (including phenoxy) is 2. The SMILES string of the molecule is CCCCC/C=C/CCCCCCCC(=O)OC[C@H](COP(=O)(O)OC[C@@H](O)CO)OC(=O)CCC/C=C/CCCCCCCCCCCCCCCCCCCC. The minimum atomic E-state index is -4.62. The van der Waals surface area contributed by atoms with E-state index in [0.29, 0.717) is 12.8 Å². The minimum absolute atomic E-state index is 0.138. The van der Waals surface area contributed by atoms with Gasteiger partial charge in [-0.05, 0) is 57.8 Å². The number of phosphoric acid groups is 1. The molecule has 0 heterocycles. The molecule has 0 amide bonds. The molecule has 0 aromatic rings. The number of unbranched alkanes of at least 4 members (excludes halogenated alkanes) is 27. The van der Waals surface area contributed by atoms with Gasteiger partial charge < -0.3 is 24.6 Å². The molecule has 3 N–H and O–H groups in total. The third-order valence-corrected chi connectivity index (χ3v) is 11.3. The third kappa shape index (κ3) is 42.6. The van der Waals surface area contributed by atoms with Crippen LogP contribution in [0.5, 0.6) is 0 Å². The smallest absolute Gasteiger partial charge is 0.462 e. The second-order valence-electron chi connectivity index (χ2n) is 16.1. The van der Waals surface area contributed by atoms with Gasteiger partial charge in [-0.25, -0.2) is 4.57 Å². The van der Waals surface area contributed by atoms with E-state index >= 15 is 0 Å². The number of hydrogen-bond donors (Lipinski definition) is 3. The van der Waals surface area contributed by atoms with Crippen molar-refractivity contribution < 1.29 is 47.8 Å². The Labute approximate surface area is 355 Å². The Kier molecular flexibility index (Phi) is 42.4. The zero-order valence-electron chi connectivity index (χ0n) is 37.3. The van der Waals surface area contributed by atoms with E-state index in [4.69, 9.17) is 19.1 Å². The van der Waals surface area contributed by atoms with E-state index in [2.05, 4.69) is 42.7 Å². The monoisotopic (exact) mass is 845 g/mol. The predicted octanol–water partition coefficient (Wildman–Crippen LogP) is 13.0. The summed E-state index contributed by atoms with van der Waals surface area (Å²) in [5, 5.41) is 18.3. The van der Waals surface area contributed by atoms with Gasteiger partial charge in [0.25, 0.3) is 0 Å². The van der Waals surface area contributed by atoms with E-state index in [-0.39, 0.29) is 19.4 Å². The molecule has 10 nitrogen and oxygen atoms in total. The van der Waals surface area contributed by atoms with Crippen molar-refractivity contribution in [3.8, 4) is 0 Å². The molecule has 0 fully saturated rings. The molecule has 0 aromatic heterocycles. The maximum absolute atomic E-state index is 12.6. The van der Waals surface area contributed by atoms with Crippen molar-refractivity contribution in [2.45, 2.75) is 238 Å². The van der Waals surface area contributed by atoms with Crippen molar-refractivity contribution in [2.24, 2.45) is 0 Å². The number of esters is 2. The zero-order chi connectivity index (χ0) is 42.6. The lowest BCUT2D eigenvalue weighted by Gasteiger charge is -2.20. The summed E-state index contributed by atoms with van der Waals surface area (Å²) in [6.07, 6.45) is 44.5. The van der Waals surface area contributed by atoms with Crippen LogP contribution in [0.2, 0.25) is 0 Å². The number of aliphatic hydroxyl groups excluding tert-OH is 2. The third-order valence-electron chi connectivity index (χ3n) is 10.3. The molecule has 58 heavy (non-hydrogen) atoms. The molecule has 3 atom stereocenters. The van der Waals surface area contributed by atoms with Gasteiger partial charge in [-0.3, -0.25) is 18.6 Å². The lowest BCUT2D eigenvalue weighted by Crippen LogP contribution is -2.29. The number of hydrogen-bond acceptors (Lipinski definition) is 9. The van der Waals surface area contributed by atoms with Gasteiger partial charge in [-0.1, -0.05) is 179 Å². The Bertz CT molecular complexity index is 1020. The van der Waals surface area contributed by atoms with Crippen molar-refractivity contribution in [1.29, 1.82) is 0 Å². The number of carbonyl (C=O) groups excluding carboxylic acids is 2. The van der Waals surface area contributed by atoms with E-state index in [0.717, 1.165) is 51.4 Å². The van der Waals surface area contributed by atoms with Crippen LogP contribution < -0.4 is 0 Å². The molecule has 0 bridgehead atoms. The Hall–Kier alpha value is -1.55. The highest BCUT2D eigenvalue weighted by molar-refractivity contribution is 7.47.